The molecular formula is C24H30F2N2. The van der Waals surface area contributed by atoms with Gasteiger partial charge in [-0.3, -0.25) is 0 Å². The van der Waals surface area contributed by atoms with Crippen molar-refractivity contribution >= 4 is 12.4 Å². The number of hydrogen-bond acceptors (Lipinski definition) is 2. The molecule has 28 heavy (non-hydrogen) atoms. The highest BCUT2D eigenvalue weighted by Gasteiger charge is 2.09. The van der Waals surface area contributed by atoms with Gasteiger partial charge in [0, 0.05) is 11.1 Å². The maximum Gasteiger partial charge on any atom is 0.129 e. The van der Waals surface area contributed by atoms with Gasteiger partial charge in [0.05, 0.1) is 12.4 Å². The van der Waals surface area contributed by atoms with Gasteiger partial charge < -0.3 is 0 Å². The molecule has 0 spiro atoms. The molecule has 2 aromatic rings. The molecule has 0 saturated carbocycles. The van der Waals surface area contributed by atoms with Gasteiger partial charge in [-0.15, -0.1) is 0 Å². The molecule has 0 bridgehead atoms. The van der Waals surface area contributed by atoms with E-state index in [1.165, 1.54) is 56.0 Å². The van der Waals surface area contributed by atoms with Crippen LogP contribution in [0.25, 0.3) is 0 Å². The number of benzene rings is 2. The Morgan fingerprint density at radius 1 is 0.714 bits per heavy atom. The van der Waals surface area contributed by atoms with Crippen LogP contribution < -0.4 is 0 Å². The van der Waals surface area contributed by atoms with Gasteiger partial charge in [-0.2, -0.15) is 10.2 Å². The van der Waals surface area contributed by atoms with Crippen LogP contribution in [0.3, 0.4) is 0 Å². The summed E-state index contributed by atoms with van der Waals surface area (Å²) in [6.07, 6.45) is 11.6. The molecule has 0 N–H and O–H groups in total. The van der Waals surface area contributed by atoms with Crippen molar-refractivity contribution in [3.05, 3.63) is 70.3 Å². The first-order valence-electron chi connectivity index (χ1n) is 10.3. The monoisotopic (exact) mass is 384 g/mol. The molecule has 0 aliphatic rings. The van der Waals surface area contributed by atoms with Crippen LogP contribution in [0.15, 0.2) is 46.6 Å². The van der Waals surface area contributed by atoms with Gasteiger partial charge in [0.25, 0.3) is 0 Å². The lowest BCUT2D eigenvalue weighted by atomic mass is 10.0. The predicted octanol–water partition coefficient (Wildman–Crippen LogP) is 6.88. The maximum absolute atomic E-state index is 13.9. The van der Waals surface area contributed by atoms with Crippen LogP contribution in [-0.2, 0) is 12.8 Å². The molecule has 0 aliphatic heterocycles. The summed E-state index contributed by atoms with van der Waals surface area (Å²) in [5, 5.41) is 7.89. The number of aryl methyl sites for hydroxylation is 1. The third-order valence-electron chi connectivity index (χ3n) is 4.69. The third kappa shape index (κ3) is 7.34. The summed E-state index contributed by atoms with van der Waals surface area (Å²) in [6, 6.07) is 10.8. The first-order valence-corrected chi connectivity index (χ1v) is 10.3. The van der Waals surface area contributed by atoms with Crippen molar-refractivity contribution in [1.29, 1.82) is 0 Å². The van der Waals surface area contributed by atoms with Crippen molar-refractivity contribution in [2.24, 2.45) is 10.2 Å². The average molecular weight is 385 g/mol. The fraction of sp³-hybridized carbons (Fsp3) is 0.417. The number of halogens is 2. The zero-order valence-corrected chi connectivity index (χ0v) is 16.9. The highest BCUT2D eigenvalue weighted by atomic mass is 19.1. The van der Waals surface area contributed by atoms with E-state index in [0.29, 0.717) is 18.4 Å². The minimum Gasteiger partial charge on any atom is -0.207 e. The summed E-state index contributed by atoms with van der Waals surface area (Å²) in [6.45, 7) is 4.12. The molecule has 0 heterocycles. The van der Waals surface area contributed by atoms with E-state index >= 15 is 0 Å². The van der Waals surface area contributed by atoms with Crippen molar-refractivity contribution in [3.8, 4) is 0 Å². The smallest absolute Gasteiger partial charge is 0.129 e. The molecule has 0 saturated heterocycles. The SMILES string of the molecule is CCCCCCCc1ccc(/C=N/N=C/c2cc(F)c(CCC)c(F)c2)cc1. The van der Waals surface area contributed by atoms with Gasteiger partial charge in [-0.1, -0.05) is 70.2 Å². The van der Waals surface area contributed by atoms with Crippen molar-refractivity contribution in [3.63, 3.8) is 0 Å². The molecule has 0 aromatic heterocycles. The van der Waals surface area contributed by atoms with Gasteiger partial charge in [0.2, 0.25) is 0 Å². The van der Waals surface area contributed by atoms with Crippen LogP contribution in [0.4, 0.5) is 8.78 Å². The number of rotatable bonds is 11. The van der Waals surface area contributed by atoms with Crippen LogP contribution in [0.5, 0.6) is 0 Å². The van der Waals surface area contributed by atoms with Gasteiger partial charge in [0.1, 0.15) is 11.6 Å². The molecule has 0 unspecified atom stereocenters. The highest BCUT2D eigenvalue weighted by molar-refractivity contribution is 5.82. The molecule has 2 rings (SSSR count). The number of nitrogens with zero attached hydrogens (tertiary/aromatic N) is 2. The number of unbranched alkanes of at least 4 members (excludes halogenated alkanes) is 4. The summed E-state index contributed by atoms with van der Waals surface area (Å²) in [7, 11) is 0. The summed E-state index contributed by atoms with van der Waals surface area (Å²) in [4.78, 5) is 0. The average Bonchev–Trinajstić information content (AvgIpc) is 2.69. The van der Waals surface area contributed by atoms with E-state index in [4.69, 9.17) is 0 Å². The van der Waals surface area contributed by atoms with Gasteiger partial charge >= 0.3 is 0 Å². The Labute approximate surface area is 167 Å². The Morgan fingerprint density at radius 3 is 1.93 bits per heavy atom. The van der Waals surface area contributed by atoms with Gasteiger partial charge in [-0.25, -0.2) is 8.78 Å². The van der Waals surface area contributed by atoms with E-state index in [1.54, 1.807) is 6.21 Å². The van der Waals surface area contributed by atoms with Crippen LogP contribution in [0.1, 0.15) is 74.6 Å². The lowest BCUT2D eigenvalue weighted by Crippen LogP contribution is -1.97. The van der Waals surface area contributed by atoms with E-state index in [2.05, 4.69) is 29.3 Å². The Balaban J connectivity index is 1.87. The second kappa shape index (κ2) is 12.2. The van der Waals surface area contributed by atoms with E-state index in [0.717, 1.165) is 12.0 Å². The Kier molecular flexibility index (Phi) is 9.53. The molecule has 0 fully saturated rings. The minimum absolute atomic E-state index is 0.133. The third-order valence-corrected chi connectivity index (χ3v) is 4.69. The van der Waals surface area contributed by atoms with E-state index in [-0.39, 0.29) is 5.56 Å². The van der Waals surface area contributed by atoms with Crippen LogP contribution in [0, 0.1) is 11.6 Å². The molecule has 4 heteroatoms. The summed E-state index contributed by atoms with van der Waals surface area (Å²) >= 11 is 0. The second-order valence-electron chi connectivity index (χ2n) is 7.11. The Hall–Kier alpha value is -2.36. The number of hydrogen-bond donors (Lipinski definition) is 0. The largest absolute Gasteiger partial charge is 0.207 e. The predicted molar refractivity (Wildman–Crippen MR) is 114 cm³/mol. The summed E-state index contributed by atoms with van der Waals surface area (Å²) in [5.74, 6) is -1.06. The summed E-state index contributed by atoms with van der Waals surface area (Å²) in [5.41, 5.74) is 2.77. The zero-order chi connectivity index (χ0) is 20.2. The topological polar surface area (TPSA) is 24.7 Å². The highest BCUT2D eigenvalue weighted by Crippen LogP contribution is 2.16. The van der Waals surface area contributed by atoms with Crippen molar-refractivity contribution in [2.75, 3.05) is 0 Å². The van der Waals surface area contributed by atoms with Crippen LogP contribution >= 0.6 is 0 Å². The van der Waals surface area contributed by atoms with E-state index in [9.17, 15) is 8.78 Å². The normalized spacial score (nSPS) is 11.7. The minimum atomic E-state index is -0.530. The quantitative estimate of drug-likeness (QED) is 0.229. The standard InChI is InChI=1S/C24H30F2N2/c1-3-5-6-7-8-10-19-11-13-20(14-12-19)17-27-28-18-21-15-23(25)22(9-4-2)24(26)16-21/h11-18H,3-10H2,1-2H3/b27-17+,28-18+. The molecule has 0 radical (unpaired) electrons. The summed E-state index contributed by atoms with van der Waals surface area (Å²) < 4.78 is 27.8. The van der Waals surface area contributed by atoms with Crippen molar-refractivity contribution < 1.29 is 8.78 Å². The lowest BCUT2D eigenvalue weighted by Gasteiger charge is -2.04. The first kappa shape index (κ1) is 21.9. The molecule has 2 aromatic carbocycles. The molecule has 2 nitrogen and oxygen atoms in total. The second-order valence-corrected chi connectivity index (χ2v) is 7.11. The zero-order valence-electron chi connectivity index (χ0n) is 16.9. The maximum atomic E-state index is 13.9. The fourth-order valence-corrected chi connectivity index (χ4v) is 3.09. The van der Waals surface area contributed by atoms with Gasteiger partial charge in [-0.05, 0) is 42.5 Å². The van der Waals surface area contributed by atoms with E-state index < -0.39 is 11.6 Å². The molecular weight excluding hydrogens is 354 g/mol. The Morgan fingerprint density at radius 2 is 1.32 bits per heavy atom. The molecule has 0 aliphatic carbocycles. The van der Waals surface area contributed by atoms with Crippen LogP contribution in [-0.4, -0.2) is 12.4 Å². The first-order chi connectivity index (χ1) is 13.6. The molecule has 0 atom stereocenters. The Bertz CT molecular complexity index is 757. The van der Waals surface area contributed by atoms with Crippen molar-refractivity contribution in [1.82, 2.24) is 0 Å². The van der Waals surface area contributed by atoms with Crippen molar-refractivity contribution in [2.45, 2.75) is 65.2 Å². The lowest BCUT2D eigenvalue weighted by molar-refractivity contribution is 0.552. The molecule has 0 amide bonds. The molecule has 150 valence electrons. The fourth-order valence-electron chi connectivity index (χ4n) is 3.09. The van der Waals surface area contributed by atoms with E-state index in [1.807, 2.05) is 19.1 Å². The van der Waals surface area contributed by atoms with Crippen LogP contribution in [0.2, 0.25) is 0 Å². The van der Waals surface area contributed by atoms with Gasteiger partial charge in [0.15, 0.2) is 0 Å².